The largest absolute Gasteiger partial charge is 0.355 e. The van der Waals surface area contributed by atoms with E-state index in [9.17, 15) is 8.42 Å². The van der Waals surface area contributed by atoms with Crippen molar-refractivity contribution in [3.63, 3.8) is 0 Å². The van der Waals surface area contributed by atoms with Gasteiger partial charge in [-0.15, -0.1) is 0 Å². The Hall–Kier alpha value is -0.620. The molecule has 4 nitrogen and oxygen atoms in total. The van der Waals surface area contributed by atoms with E-state index < -0.39 is 9.84 Å². The van der Waals surface area contributed by atoms with E-state index in [1.807, 2.05) is 24.0 Å². The summed E-state index contributed by atoms with van der Waals surface area (Å²) in [4.78, 5) is 6.33. The Morgan fingerprint density at radius 3 is 3.00 bits per heavy atom. The van der Waals surface area contributed by atoms with Gasteiger partial charge in [-0.25, -0.2) is 13.4 Å². The zero-order chi connectivity index (χ0) is 12.5. The molecule has 0 bridgehead atoms. The van der Waals surface area contributed by atoms with Crippen molar-refractivity contribution in [3.8, 4) is 0 Å². The summed E-state index contributed by atoms with van der Waals surface area (Å²) >= 11 is 3.40. The van der Waals surface area contributed by atoms with Crippen LogP contribution >= 0.6 is 15.9 Å². The molecule has 94 valence electrons. The molecular weight excluding hydrogens is 304 g/mol. The van der Waals surface area contributed by atoms with Crippen molar-refractivity contribution < 1.29 is 8.42 Å². The second kappa shape index (κ2) is 4.94. The second-order valence-electron chi connectivity index (χ2n) is 4.50. The van der Waals surface area contributed by atoms with Gasteiger partial charge in [-0.2, -0.15) is 0 Å². The third-order valence-electron chi connectivity index (χ3n) is 2.77. The predicted molar refractivity (Wildman–Crippen MR) is 72.0 cm³/mol. The molecule has 0 radical (unpaired) electrons. The Bertz CT molecular complexity index is 504. The first-order chi connectivity index (χ1) is 7.96. The summed E-state index contributed by atoms with van der Waals surface area (Å²) in [5, 5.41) is 0. The molecule has 17 heavy (non-hydrogen) atoms. The number of sulfone groups is 1. The maximum absolute atomic E-state index is 11.7. The van der Waals surface area contributed by atoms with Gasteiger partial charge in [-0.1, -0.05) is 22.9 Å². The van der Waals surface area contributed by atoms with Crippen LogP contribution in [0.5, 0.6) is 0 Å². The number of hydrogen-bond acceptors (Lipinski definition) is 4. The average Bonchev–Trinajstić information content (AvgIpc) is 2.36. The standard InChI is InChI=1S/C11H15BrN2O2S/c1-9-7-14(4-5-17(15,16)8-9)11-6-10(12)2-3-13-11/h2-3,6,9H,4-5,7-8H2,1H3. The van der Waals surface area contributed by atoms with E-state index in [2.05, 4.69) is 20.9 Å². The summed E-state index contributed by atoms with van der Waals surface area (Å²) in [6.07, 6.45) is 1.73. The Morgan fingerprint density at radius 2 is 2.29 bits per heavy atom. The van der Waals surface area contributed by atoms with Gasteiger partial charge in [0.1, 0.15) is 5.82 Å². The average molecular weight is 319 g/mol. The van der Waals surface area contributed by atoms with Gasteiger partial charge < -0.3 is 4.90 Å². The van der Waals surface area contributed by atoms with Gasteiger partial charge in [-0.05, 0) is 18.1 Å². The highest BCUT2D eigenvalue weighted by atomic mass is 79.9. The van der Waals surface area contributed by atoms with Crippen molar-refractivity contribution in [3.05, 3.63) is 22.8 Å². The number of anilines is 1. The van der Waals surface area contributed by atoms with E-state index in [0.29, 0.717) is 6.54 Å². The van der Waals surface area contributed by atoms with Crippen molar-refractivity contribution in [1.29, 1.82) is 0 Å². The molecule has 1 aromatic rings. The fraction of sp³-hybridized carbons (Fsp3) is 0.545. The molecule has 1 atom stereocenters. The lowest BCUT2D eigenvalue weighted by Gasteiger charge is -2.23. The minimum absolute atomic E-state index is 0.142. The highest BCUT2D eigenvalue weighted by molar-refractivity contribution is 9.10. The van der Waals surface area contributed by atoms with Crippen LogP contribution < -0.4 is 4.90 Å². The van der Waals surface area contributed by atoms with Gasteiger partial charge in [0.25, 0.3) is 0 Å². The molecule has 6 heteroatoms. The summed E-state index contributed by atoms with van der Waals surface area (Å²) in [6.45, 7) is 3.23. The van der Waals surface area contributed by atoms with E-state index in [-0.39, 0.29) is 17.4 Å². The summed E-state index contributed by atoms with van der Waals surface area (Å²) in [6, 6.07) is 3.78. The van der Waals surface area contributed by atoms with Gasteiger partial charge in [0.15, 0.2) is 9.84 Å². The van der Waals surface area contributed by atoms with Crippen LogP contribution in [-0.2, 0) is 9.84 Å². The number of rotatable bonds is 1. The molecule has 1 aliphatic heterocycles. The minimum atomic E-state index is -2.90. The number of hydrogen-bond donors (Lipinski definition) is 0. The highest BCUT2D eigenvalue weighted by Gasteiger charge is 2.24. The fourth-order valence-electron chi connectivity index (χ4n) is 2.06. The Balaban J connectivity index is 2.22. The monoisotopic (exact) mass is 318 g/mol. The Morgan fingerprint density at radius 1 is 1.53 bits per heavy atom. The van der Waals surface area contributed by atoms with Gasteiger partial charge in [0.2, 0.25) is 0 Å². The molecule has 1 saturated heterocycles. The third kappa shape index (κ3) is 3.42. The van der Waals surface area contributed by atoms with E-state index >= 15 is 0 Å². The van der Waals surface area contributed by atoms with Crippen LogP contribution in [0.15, 0.2) is 22.8 Å². The molecule has 0 aromatic carbocycles. The first-order valence-corrected chi connectivity index (χ1v) is 8.15. The van der Waals surface area contributed by atoms with Crippen LogP contribution in [0.4, 0.5) is 5.82 Å². The number of pyridine rings is 1. The lowest BCUT2D eigenvalue weighted by atomic mass is 10.2. The third-order valence-corrected chi connectivity index (χ3v) is 5.15. The van der Waals surface area contributed by atoms with Gasteiger partial charge in [0, 0.05) is 23.8 Å². The van der Waals surface area contributed by atoms with Crippen molar-refractivity contribution in [1.82, 2.24) is 4.98 Å². The van der Waals surface area contributed by atoms with Crippen LogP contribution in [0.3, 0.4) is 0 Å². The number of halogens is 1. The predicted octanol–water partition coefficient (Wildman–Crippen LogP) is 1.71. The SMILES string of the molecule is CC1CN(c2cc(Br)ccn2)CCS(=O)(=O)C1. The normalized spacial score (nSPS) is 24.4. The smallest absolute Gasteiger partial charge is 0.152 e. The van der Waals surface area contributed by atoms with E-state index in [1.165, 1.54) is 0 Å². The second-order valence-corrected chi connectivity index (χ2v) is 7.64. The number of aromatic nitrogens is 1. The zero-order valence-corrected chi connectivity index (χ0v) is 12.0. The Labute approximate surface area is 110 Å². The molecule has 1 aromatic heterocycles. The van der Waals surface area contributed by atoms with E-state index in [4.69, 9.17) is 0 Å². The lowest BCUT2D eigenvalue weighted by molar-refractivity contribution is 0.581. The Kier molecular flexibility index (Phi) is 3.73. The van der Waals surface area contributed by atoms with Gasteiger partial charge >= 0.3 is 0 Å². The fourth-order valence-corrected chi connectivity index (χ4v) is 4.02. The van der Waals surface area contributed by atoms with Crippen LogP contribution in [0.2, 0.25) is 0 Å². The summed E-state index contributed by atoms with van der Waals surface area (Å²) in [5.41, 5.74) is 0. The molecule has 1 fully saturated rings. The maximum atomic E-state index is 11.7. The van der Waals surface area contributed by atoms with Crippen molar-refractivity contribution in [2.24, 2.45) is 5.92 Å². The quantitative estimate of drug-likeness (QED) is 0.791. The molecule has 1 unspecified atom stereocenters. The van der Waals surface area contributed by atoms with Crippen molar-refractivity contribution in [2.45, 2.75) is 6.92 Å². The maximum Gasteiger partial charge on any atom is 0.152 e. The molecule has 1 aliphatic rings. The van der Waals surface area contributed by atoms with Gasteiger partial charge in [-0.3, -0.25) is 0 Å². The zero-order valence-electron chi connectivity index (χ0n) is 9.63. The molecule has 0 spiro atoms. The molecule has 0 amide bonds. The molecular formula is C11H15BrN2O2S. The minimum Gasteiger partial charge on any atom is -0.355 e. The van der Waals surface area contributed by atoms with Crippen LogP contribution in [-0.4, -0.2) is 38.0 Å². The molecule has 0 saturated carbocycles. The molecule has 0 aliphatic carbocycles. The first-order valence-electron chi connectivity index (χ1n) is 5.53. The first kappa shape index (κ1) is 12.8. The van der Waals surface area contributed by atoms with Crippen LogP contribution in [0.1, 0.15) is 6.92 Å². The molecule has 0 N–H and O–H groups in total. The highest BCUT2D eigenvalue weighted by Crippen LogP contribution is 2.20. The molecule has 2 rings (SSSR count). The van der Waals surface area contributed by atoms with Crippen molar-refractivity contribution in [2.75, 3.05) is 29.5 Å². The van der Waals surface area contributed by atoms with Crippen LogP contribution in [0.25, 0.3) is 0 Å². The number of nitrogens with zero attached hydrogens (tertiary/aromatic N) is 2. The van der Waals surface area contributed by atoms with E-state index in [0.717, 1.165) is 16.8 Å². The summed E-state index contributed by atoms with van der Waals surface area (Å²) < 4.78 is 24.3. The van der Waals surface area contributed by atoms with Crippen molar-refractivity contribution >= 4 is 31.6 Å². The van der Waals surface area contributed by atoms with E-state index in [1.54, 1.807) is 6.20 Å². The molecule has 2 heterocycles. The summed E-state index contributed by atoms with van der Waals surface area (Å²) in [7, 11) is -2.90. The van der Waals surface area contributed by atoms with Gasteiger partial charge in [0.05, 0.1) is 11.5 Å². The van der Waals surface area contributed by atoms with Crippen LogP contribution in [0, 0.1) is 5.92 Å². The summed E-state index contributed by atoms with van der Waals surface area (Å²) in [5.74, 6) is 1.47. The lowest BCUT2D eigenvalue weighted by Crippen LogP contribution is -2.29. The topological polar surface area (TPSA) is 50.3 Å².